The van der Waals surface area contributed by atoms with Gasteiger partial charge < -0.3 is 10.6 Å². The van der Waals surface area contributed by atoms with Crippen LogP contribution in [0.5, 0.6) is 0 Å². The number of nitrogens with zero attached hydrogens (tertiary/aromatic N) is 1. The van der Waals surface area contributed by atoms with Crippen molar-refractivity contribution in [3.05, 3.63) is 58.1 Å². The number of halogens is 1. The van der Waals surface area contributed by atoms with Crippen molar-refractivity contribution < 1.29 is 9.59 Å². The average Bonchev–Trinajstić information content (AvgIpc) is 2.74. The summed E-state index contributed by atoms with van der Waals surface area (Å²) < 4.78 is 0. The van der Waals surface area contributed by atoms with Crippen molar-refractivity contribution in [2.24, 2.45) is 11.0 Å². The Labute approximate surface area is 188 Å². The van der Waals surface area contributed by atoms with E-state index in [9.17, 15) is 9.59 Å². The van der Waals surface area contributed by atoms with Gasteiger partial charge >= 0.3 is 11.8 Å². The number of carbonyl (C=O) groups is 2. The quantitative estimate of drug-likeness (QED) is 0.353. The smallest absolute Gasteiger partial charge is 0.329 e. The number of amides is 2. The molecule has 2 atom stereocenters. The molecule has 1 saturated carbocycles. The van der Waals surface area contributed by atoms with E-state index in [1.807, 2.05) is 26.0 Å². The lowest BCUT2D eigenvalue weighted by atomic mass is 9.86. The summed E-state index contributed by atoms with van der Waals surface area (Å²) >= 11 is 6.15. The molecule has 3 rings (SSSR count). The first kappa shape index (κ1) is 22.8. The van der Waals surface area contributed by atoms with Gasteiger partial charge in [-0.2, -0.15) is 5.10 Å². The van der Waals surface area contributed by atoms with Gasteiger partial charge in [0.2, 0.25) is 0 Å². The van der Waals surface area contributed by atoms with Crippen LogP contribution in [0.1, 0.15) is 49.3 Å². The van der Waals surface area contributed by atoms with Crippen LogP contribution in [0.15, 0.2) is 41.5 Å². The van der Waals surface area contributed by atoms with Gasteiger partial charge in [0.15, 0.2) is 0 Å². The van der Waals surface area contributed by atoms with Crippen molar-refractivity contribution in [3.8, 4) is 0 Å². The summed E-state index contributed by atoms with van der Waals surface area (Å²) in [6, 6.07) is 11.6. The van der Waals surface area contributed by atoms with Gasteiger partial charge in [0.25, 0.3) is 0 Å². The number of anilines is 2. The number of hydrogen-bond acceptors (Lipinski definition) is 4. The molecule has 0 radical (unpaired) electrons. The molecule has 3 N–H and O–H groups in total. The van der Waals surface area contributed by atoms with Gasteiger partial charge in [-0.1, -0.05) is 43.5 Å². The average molecular weight is 441 g/mol. The van der Waals surface area contributed by atoms with Crippen molar-refractivity contribution >= 4 is 41.0 Å². The van der Waals surface area contributed by atoms with Crippen molar-refractivity contribution in [2.45, 2.75) is 52.5 Å². The van der Waals surface area contributed by atoms with Gasteiger partial charge in [-0.25, -0.2) is 5.43 Å². The van der Waals surface area contributed by atoms with E-state index in [2.05, 4.69) is 40.2 Å². The largest absolute Gasteiger partial charge is 0.355 e. The van der Waals surface area contributed by atoms with Crippen molar-refractivity contribution in [1.29, 1.82) is 0 Å². The Morgan fingerprint density at radius 3 is 2.58 bits per heavy atom. The summed E-state index contributed by atoms with van der Waals surface area (Å²) in [5.41, 5.74) is 7.01. The third-order valence-corrected chi connectivity index (χ3v) is 5.92. The number of carbonyl (C=O) groups excluding carboxylic acids is 2. The third-order valence-electron chi connectivity index (χ3n) is 5.68. The lowest BCUT2D eigenvalue weighted by Crippen LogP contribution is -2.46. The maximum absolute atomic E-state index is 12.2. The molecule has 7 heteroatoms. The Morgan fingerprint density at radius 1 is 1.03 bits per heavy atom. The summed E-state index contributed by atoms with van der Waals surface area (Å²) in [5.74, 6) is -1.06. The van der Waals surface area contributed by atoms with Crippen LogP contribution in [0.4, 0.5) is 11.4 Å². The lowest BCUT2D eigenvalue weighted by molar-refractivity contribution is -0.139. The zero-order valence-electron chi connectivity index (χ0n) is 18.2. The fourth-order valence-corrected chi connectivity index (χ4v) is 3.93. The van der Waals surface area contributed by atoms with Gasteiger partial charge in [-0.05, 0) is 68.0 Å². The maximum atomic E-state index is 12.2. The Morgan fingerprint density at radius 2 is 1.81 bits per heavy atom. The molecule has 0 heterocycles. The van der Waals surface area contributed by atoms with Crippen LogP contribution in [0, 0.1) is 19.8 Å². The number of benzene rings is 2. The first-order valence-electron chi connectivity index (χ1n) is 10.6. The van der Waals surface area contributed by atoms with Crippen molar-refractivity contribution in [2.75, 3.05) is 5.32 Å². The van der Waals surface area contributed by atoms with Crippen LogP contribution < -0.4 is 16.1 Å². The molecular formula is C24H29ClN4O2. The molecule has 164 valence electrons. The van der Waals surface area contributed by atoms with E-state index in [1.54, 1.807) is 12.1 Å². The minimum Gasteiger partial charge on any atom is -0.355 e. The Bertz CT molecular complexity index is 990. The topological polar surface area (TPSA) is 82.6 Å². The number of hydrogen-bond donors (Lipinski definition) is 3. The molecule has 1 aliphatic carbocycles. The molecule has 0 aliphatic heterocycles. The van der Waals surface area contributed by atoms with Crippen LogP contribution >= 0.6 is 11.6 Å². The van der Waals surface area contributed by atoms with E-state index in [-0.39, 0.29) is 6.04 Å². The second kappa shape index (κ2) is 10.4. The maximum Gasteiger partial charge on any atom is 0.329 e. The number of aryl methyl sites for hydroxylation is 2. The van der Waals surface area contributed by atoms with Gasteiger partial charge in [0.05, 0.1) is 6.21 Å². The van der Waals surface area contributed by atoms with Gasteiger partial charge in [0.1, 0.15) is 0 Å². The van der Waals surface area contributed by atoms with Crippen molar-refractivity contribution in [3.63, 3.8) is 0 Å². The van der Waals surface area contributed by atoms with Crippen molar-refractivity contribution in [1.82, 2.24) is 10.7 Å². The highest BCUT2D eigenvalue weighted by molar-refractivity contribution is 6.35. The van der Waals surface area contributed by atoms with Crippen LogP contribution in [-0.2, 0) is 9.59 Å². The molecule has 2 amide bonds. The molecule has 1 aliphatic rings. The predicted octanol–water partition coefficient (Wildman–Crippen LogP) is 4.85. The van der Waals surface area contributed by atoms with Crippen LogP contribution in [0.25, 0.3) is 0 Å². The molecule has 6 nitrogen and oxygen atoms in total. The molecule has 0 bridgehead atoms. The summed E-state index contributed by atoms with van der Waals surface area (Å²) in [6.45, 7) is 6.16. The highest BCUT2D eigenvalue weighted by Gasteiger charge is 2.25. The third kappa shape index (κ3) is 6.31. The first-order valence-corrected chi connectivity index (χ1v) is 11.0. The second-order valence-corrected chi connectivity index (χ2v) is 8.65. The molecular weight excluding hydrogens is 412 g/mol. The zero-order valence-corrected chi connectivity index (χ0v) is 18.9. The van der Waals surface area contributed by atoms with Crippen LogP contribution in [0.3, 0.4) is 0 Å². The molecule has 0 unspecified atom stereocenters. The SMILES string of the molecule is Cc1ccc(C)c(Nc2ccc(Cl)cc2/C=N\NC(=O)C(=O)N[C@@H]2CCCC[C@H]2C)c1. The molecule has 2 aromatic carbocycles. The summed E-state index contributed by atoms with van der Waals surface area (Å²) in [6.07, 6.45) is 5.69. The number of rotatable bonds is 5. The summed E-state index contributed by atoms with van der Waals surface area (Å²) in [4.78, 5) is 24.4. The van der Waals surface area contributed by atoms with E-state index in [1.165, 1.54) is 12.6 Å². The van der Waals surface area contributed by atoms with E-state index in [4.69, 9.17) is 11.6 Å². The zero-order chi connectivity index (χ0) is 22.4. The van der Waals surface area contributed by atoms with Crippen LogP contribution in [0.2, 0.25) is 5.02 Å². The van der Waals surface area contributed by atoms with E-state index < -0.39 is 11.8 Å². The Balaban J connectivity index is 1.66. The molecule has 0 saturated heterocycles. The molecule has 0 spiro atoms. The normalized spacial score (nSPS) is 18.6. The molecule has 31 heavy (non-hydrogen) atoms. The molecule has 2 aromatic rings. The molecule has 0 aromatic heterocycles. The van der Waals surface area contributed by atoms with E-state index in [0.29, 0.717) is 16.5 Å². The van der Waals surface area contributed by atoms with Gasteiger partial charge in [-0.15, -0.1) is 0 Å². The number of nitrogens with one attached hydrogen (secondary N) is 3. The van der Waals surface area contributed by atoms with E-state index >= 15 is 0 Å². The minimum absolute atomic E-state index is 0.0391. The first-order chi connectivity index (χ1) is 14.8. The predicted molar refractivity (Wildman–Crippen MR) is 126 cm³/mol. The monoisotopic (exact) mass is 440 g/mol. The second-order valence-electron chi connectivity index (χ2n) is 8.22. The molecule has 1 fully saturated rings. The lowest BCUT2D eigenvalue weighted by Gasteiger charge is -2.29. The highest BCUT2D eigenvalue weighted by Crippen LogP contribution is 2.26. The van der Waals surface area contributed by atoms with Gasteiger partial charge in [0, 0.05) is 28.0 Å². The fourth-order valence-electron chi connectivity index (χ4n) is 3.75. The standard InChI is InChI=1S/C24H29ClN4O2/c1-15-8-9-17(3)22(12-15)27-21-11-10-19(25)13-18(21)14-26-29-24(31)23(30)28-20-7-5-4-6-16(20)2/h8-14,16,20,27H,4-7H2,1-3H3,(H,28,30)(H,29,31)/b26-14-/t16-,20-/m1/s1. The highest BCUT2D eigenvalue weighted by atomic mass is 35.5. The van der Waals surface area contributed by atoms with Crippen LogP contribution in [-0.4, -0.2) is 24.1 Å². The fraction of sp³-hybridized carbons (Fsp3) is 0.375. The van der Waals surface area contributed by atoms with E-state index in [0.717, 1.165) is 41.8 Å². The number of hydrazone groups is 1. The van der Waals surface area contributed by atoms with Gasteiger partial charge in [-0.3, -0.25) is 9.59 Å². The Hall–Kier alpha value is -2.86. The summed E-state index contributed by atoms with van der Waals surface area (Å²) in [7, 11) is 0. The minimum atomic E-state index is -0.778. The summed E-state index contributed by atoms with van der Waals surface area (Å²) in [5, 5.41) is 10.7. The Kier molecular flexibility index (Phi) is 7.69.